The number of carbonyl (C=O) groups is 1. The molecule has 0 aliphatic carbocycles. The summed E-state index contributed by atoms with van der Waals surface area (Å²) >= 11 is 0. The summed E-state index contributed by atoms with van der Waals surface area (Å²) in [4.78, 5) is 21.5. The number of pyridine rings is 1. The number of rotatable bonds is 11. The summed E-state index contributed by atoms with van der Waals surface area (Å²) < 4.78 is 17.6. The second-order valence-corrected chi connectivity index (χ2v) is 10.6. The van der Waals surface area contributed by atoms with E-state index >= 15 is 0 Å². The summed E-state index contributed by atoms with van der Waals surface area (Å²) in [7, 11) is 1.65. The van der Waals surface area contributed by atoms with E-state index in [1.165, 1.54) is 5.56 Å². The first-order valence-corrected chi connectivity index (χ1v) is 14.2. The van der Waals surface area contributed by atoms with Crippen molar-refractivity contribution in [3.8, 4) is 17.2 Å². The van der Waals surface area contributed by atoms with Crippen LogP contribution in [-0.4, -0.2) is 78.3 Å². The topological polar surface area (TPSA) is 84.4 Å². The third-order valence-electron chi connectivity index (χ3n) is 7.84. The van der Waals surface area contributed by atoms with Crippen LogP contribution in [0.1, 0.15) is 52.9 Å². The summed E-state index contributed by atoms with van der Waals surface area (Å²) in [6, 6.07) is 18.0. The van der Waals surface area contributed by atoms with Crippen molar-refractivity contribution in [3.05, 3.63) is 83.2 Å². The van der Waals surface area contributed by atoms with Gasteiger partial charge in [-0.1, -0.05) is 37.3 Å². The van der Waals surface area contributed by atoms with Crippen LogP contribution in [0.15, 0.2) is 60.8 Å². The normalized spacial score (nSPS) is 16.4. The van der Waals surface area contributed by atoms with Crippen molar-refractivity contribution in [2.75, 3.05) is 46.4 Å². The molecular weight excluding hydrogens is 506 g/mol. The molecule has 2 aromatic carbocycles. The van der Waals surface area contributed by atoms with Crippen LogP contribution in [0, 0.1) is 0 Å². The van der Waals surface area contributed by atoms with Crippen molar-refractivity contribution < 1.29 is 24.1 Å². The summed E-state index contributed by atoms with van der Waals surface area (Å²) in [5, 5.41) is 9.66. The minimum Gasteiger partial charge on any atom is -0.493 e. The summed E-state index contributed by atoms with van der Waals surface area (Å²) in [5.41, 5.74) is 3.94. The van der Waals surface area contributed by atoms with Crippen LogP contribution >= 0.6 is 0 Å². The number of aliphatic hydroxyl groups is 1. The molecule has 0 saturated carbocycles. The Hall–Kier alpha value is -3.62. The molecule has 3 heterocycles. The zero-order chi connectivity index (χ0) is 27.9. The van der Waals surface area contributed by atoms with Crippen LogP contribution in [0.25, 0.3) is 0 Å². The molecule has 0 spiro atoms. The van der Waals surface area contributed by atoms with Crippen molar-refractivity contribution in [1.29, 1.82) is 0 Å². The van der Waals surface area contributed by atoms with E-state index in [4.69, 9.17) is 14.2 Å². The number of methoxy groups -OCH3 is 1. The van der Waals surface area contributed by atoms with E-state index in [1.54, 1.807) is 25.4 Å². The number of aryl methyl sites for hydroxylation is 1. The Morgan fingerprint density at radius 3 is 2.45 bits per heavy atom. The zero-order valence-corrected chi connectivity index (χ0v) is 23.4. The van der Waals surface area contributed by atoms with Crippen molar-refractivity contribution >= 4 is 5.91 Å². The number of hydrogen-bond donors (Lipinski definition) is 1. The standard InChI is InChI=1S/C32H39N3O5/c1-3-23-4-6-24(7-5-23)22-40-30-9-8-25(18-31(30)38-2)26-20-35(21-26)32(37)29-19-28(10-13-33-29)39-17-16-34-14-11-27(36)12-15-34/h4-10,13,18-19,26-27,36H,3,11-12,14-17,20-22H2,1-2H3. The first-order valence-electron chi connectivity index (χ1n) is 14.2. The molecule has 2 aliphatic rings. The van der Waals surface area contributed by atoms with Crippen molar-refractivity contribution in [1.82, 2.24) is 14.8 Å². The fraction of sp³-hybridized carbons (Fsp3) is 0.438. The van der Waals surface area contributed by atoms with Gasteiger partial charge in [-0.3, -0.25) is 14.7 Å². The quantitative estimate of drug-likeness (QED) is 0.385. The van der Waals surface area contributed by atoms with Crippen LogP contribution in [0.5, 0.6) is 17.2 Å². The van der Waals surface area contributed by atoms with Crippen LogP contribution < -0.4 is 14.2 Å². The SMILES string of the molecule is CCc1ccc(COc2ccc(C3CN(C(=O)c4cc(OCCN5CCC(O)CC5)ccn4)C3)cc2OC)cc1. The monoisotopic (exact) mass is 545 g/mol. The Morgan fingerprint density at radius 1 is 0.975 bits per heavy atom. The van der Waals surface area contributed by atoms with E-state index in [1.807, 2.05) is 17.0 Å². The van der Waals surface area contributed by atoms with Gasteiger partial charge in [0.25, 0.3) is 5.91 Å². The van der Waals surface area contributed by atoms with Crippen LogP contribution in [0.2, 0.25) is 0 Å². The minimum absolute atomic E-state index is 0.0901. The second-order valence-electron chi connectivity index (χ2n) is 10.6. The number of ether oxygens (including phenoxy) is 3. The molecule has 8 heteroatoms. The van der Waals surface area contributed by atoms with Gasteiger partial charge in [0.2, 0.25) is 0 Å². The molecule has 40 heavy (non-hydrogen) atoms. The van der Waals surface area contributed by atoms with Crippen molar-refractivity contribution in [2.24, 2.45) is 0 Å². The zero-order valence-electron chi connectivity index (χ0n) is 23.4. The molecule has 5 rings (SSSR count). The van der Waals surface area contributed by atoms with Crippen LogP contribution in [-0.2, 0) is 13.0 Å². The van der Waals surface area contributed by atoms with E-state index in [0.717, 1.165) is 50.0 Å². The molecule has 0 bridgehead atoms. The highest BCUT2D eigenvalue weighted by atomic mass is 16.5. The lowest BCUT2D eigenvalue weighted by molar-refractivity contribution is 0.0595. The molecule has 2 saturated heterocycles. The van der Waals surface area contributed by atoms with Gasteiger partial charge in [-0.2, -0.15) is 0 Å². The average Bonchev–Trinajstić information content (AvgIpc) is 2.97. The molecule has 3 aromatic rings. The van der Waals surface area contributed by atoms with Gasteiger partial charge in [0.1, 0.15) is 24.7 Å². The lowest BCUT2D eigenvalue weighted by Gasteiger charge is -2.39. The molecular formula is C32H39N3O5. The summed E-state index contributed by atoms with van der Waals surface area (Å²) in [6.07, 6.45) is 4.08. The molecule has 0 atom stereocenters. The fourth-order valence-electron chi connectivity index (χ4n) is 5.16. The fourth-order valence-corrected chi connectivity index (χ4v) is 5.16. The van der Waals surface area contributed by atoms with Crippen molar-refractivity contribution in [3.63, 3.8) is 0 Å². The largest absolute Gasteiger partial charge is 0.493 e. The number of likely N-dealkylation sites (tertiary alicyclic amines) is 2. The molecule has 212 valence electrons. The molecule has 1 aromatic heterocycles. The first-order chi connectivity index (χ1) is 19.5. The van der Waals surface area contributed by atoms with Gasteiger partial charge < -0.3 is 24.2 Å². The van der Waals surface area contributed by atoms with Gasteiger partial charge in [-0.25, -0.2) is 0 Å². The molecule has 0 unspecified atom stereocenters. The van der Waals surface area contributed by atoms with Gasteiger partial charge in [0.05, 0.1) is 13.2 Å². The minimum atomic E-state index is -0.179. The highest BCUT2D eigenvalue weighted by Gasteiger charge is 2.33. The Morgan fingerprint density at radius 2 is 1.73 bits per heavy atom. The Labute approximate surface area is 236 Å². The molecule has 1 N–H and O–H groups in total. The highest BCUT2D eigenvalue weighted by molar-refractivity contribution is 5.93. The average molecular weight is 546 g/mol. The van der Waals surface area contributed by atoms with Crippen LogP contribution in [0.3, 0.4) is 0 Å². The van der Waals surface area contributed by atoms with Crippen LogP contribution in [0.4, 0.5) is 0 Å². The highest BCUT2D eigenvalue weighted by Crippen LogP contribution is 2.35. The number of carbonyl (C=O) groups excluding carboxylic acids is 1. The third-order valence-corrected chi connectivity index (χ3v) is 7.84. The molecule has 2 fully saturated rings. The van der Waals surface area contributed by atoms with E-state index in [2.05, 4.69) is 47.1 Å². The van der Waals surface area contributed by atoms with Gasteiger partial charge >= 0.3 is 0 Å². The van der Waals surface area contributed by atoms with E-state index < -0.39 is 0 Å². The molecule has 1 amide bonds. The number of aliphatic hydroxyl groups excluding tert-OH is 1. The molecule has 2 aliphatic heterocycles. The number of hydrogen-bond acceptors (Lipinski definition) is 7. The predicted molar refractivity (Wildman–Crippen MR) is 153 cm³/mol. The maximum absolute atomic E-state index is 13.1. The molecule has 8 nitrogen and oxygen atoms in total. The lowest BCUT2D eigenvalue weighted by atomic mass is 9.91. The number of piperidine rings is 1. The molecule has 0 radical (unpaired) electrons. The number of aromatic nitrogens is 1. The maximum atomic E-state index is 13.1. The van der Waals surface area contributed by atoms with Gasteiger partial charge in [0, 0.05) is 50.9 Å². The van der Waals surface area contributed by atoms with Gasteiger partial charge in [-0.15, -0.1) is 0 Å². The van der Waals surface area contributed by atoms with Gasteiger partial charge in [0.15, 0.2) is 11.5 Å². The first kappa shape index (κ1) is 27.9. The number of amides is 1. The maximum Gasteiger partial charge on any atom is 0.272 e. The Balaban J connectivity index is 1.11. The van der Waals surface area contributed by atoms with E-state index in [-0.39, 0.29) is 17.9 Å². The smallest absolute Gasteiger partial charge is 0.272 e. The Bertz CT molecular complexity index is 1270. The summed E-state index contributed by atoms with van der Waals surface area (Å²) in [5.74, 6) is 2.19. The lowest BCUT2D eigenvalue weighted by Crippen LogP contribution is -2.48. The number of nitrogens with zero attached hydrogens (tertiary/aromatic N) is 3. The van der Waals surface area contributed by atoms with E-state index in [0.29, 0.717) is 49.2 Å². The van der Waals surface area contributed by atoms with Crippen molar-refractivity contribution in [2.45, 2.75) is 44.8 Å². The summed E-state index contributed by atoms with van der Waals surface area (Å²) in [6.45, 7) is 6.97. The van der Waals surface area contributed by atoms with Gasteiger partial charge in [-0.05, 0) is 54.2 Å². The third kappa shape index (κ3) is 6.92. The van der Waals surface area contributed by atoms with E-state index in [9.17, 15) is 9.90 Å². The second kappa shape index (κ2) is 13.2. The Kier molecular flexibility index (Phi) is 9.19. The predicted octanol–water partition coefficient (Wildman–Crippen LogP) is 4.31. The number of benzene rings is 2.